The summed E-state index contributed by atoms with van der Waals surface area (Å²) in [7, 11) is 0. The summed E-state index contributed by atoms with van der Waals surface area (Å²) in [5.41, 5.74) is -0.471. The van der Waals surface area contributed by atoms with Crippen LogP contribution in [0.4, 0.5) is 0 Å². The van der Waals surface area contributed by atoms with Crippen LogP contribution in [-0.2, 0) is 23.8 Å². The maximum atomic E-state index is 11.6. The number of carbonyl (C=O) groups excluding carboxylic acids is 2. The van der Waals surface area contributed by atoms with Gasteiger partial charge < -0.3 is 14.2 Å². The van der Waals surface area contributed by atoms with Crippen molar-refractivity contribution >= 4 is 11.8 Å². The van der Waals surface area contributed by atoms with E-state index in [1.54, 1.807) is 0 Å². The molecule has 0 radical (unpaired) electrons. The van der Waals surface area contributed by atoms with E-state index >= 15 is 0 Å². The lowest BCUT2D eigenvalue weighted by molar-refractivity contribution is -0.137. The fraction of sp³-hybridized carbons (Fsp3) is 0.778. The van der Waals surface area contributed by atoms with E-state index < -0.39 is 0 Å². The molecule has 0 aromatic carbocycles. The molecular formula is C27H41NO5. The molecular weight excluding hydrogens is 418 g/mol. The number of hydrogen-bond donors (Lipinski definition) is 0. The number of carbonyl (C=O) groups is 2. The van der Waals surface area contributed by atoms with Crippen molar-refractivity contribution in [1.82, 2.24) is 4.90 Å². The molecule has 0 aromatic rings. The van der Waals surface area contributed by atoms with Gasteiger partial charge in [0.25, 0.3) is 11.8 Å². The molecule has 6 nitrogen and oxygen atoms in total. The van der Waals surface area contributed by atoms with Gasteiger partial charge >= 0.3 is 0 Å². The van der Waals surface area contributed by atoms with Gasteiger partial charge in [0.15, 0.2) is 0 Å². The molecule has 184 valence electrons. The molecule has 0 bridgehead atoms. The van der Waals surface area contributed by atoms with Gasteiger partial charge in [-0.2, -0.15) is 0 Å². The van der Waals surface area contributed by atoms with Crippen molar-refractivity contribution in [3.05, 3.63) is 12.2 Å². The van der Waals surface area contributed by atoms with E-state index in [1.165, 1.54) is 29.9 Å². The Bertz CT molecular complexity index is 743. The van der Waals surface area contributed by atoms with Crippen molar-refractivity contribution in [3.63, 3.8) is 0 Å². The Labute approximate surface area is 199 Å². The summed E-state index contributed by atoms with van der Waals surface area (Å²) >= 11 is 0. The Hall–Kier alpha value is -1.68. The molecule has 0 aromatic heterocycles. The van der Waals surface area contributed by atoms with E-state index in [4.69, 9.17) is 14.2 Å². The maximum absolute atomic E-state index is 11.6. The lowest BCUT2D eigenvalue weighted by Gasteiger charge is -2.32. The molecule has 2 aliphatic carbocycles. The number of rotatable bonds is 14. The van der Waals surface area contributed by atoms with E-state index in [0.29, 0.717) is 25.7 Å². The fourth-order valence-electron chi connectivity index (χ4n) is 4.77. The first-order valence-corrected chi connectivity index (χ1v) is 12.6. The zero-order valence-electron chi connectivity index (χ0n) is 20.9. The predicted molar refractivity (Wildman–Crippen MR) is 127 cm³/mol. The number of ether oxygens (including phenoxy) is 3. The Morgan fingerprint density at radius 3 is 2.18 bits per heavy atom. The van der Waals surface area contributed by atoms with Gasteiger partial charge in [0.05, 0.1) is 37.6 Å². The number of hydrogen-bond acceptors (Lipinski definition) is 5. The molecule has 0 saturated heterocycles. The minimum absolute atomic E-state index is 0.206. The van der Waals surface area contributed by atoms with Crippen molar-refractivity contribution < 1.29 is 23.8 Å². The standard InChI is InChI=1S/C27H41NO5/c1-5-27(4,15-17-31-19-16-28-24(29)12-13-25(28)30)32-18-14-26(2,3)33-20-23-21-10-8-6-7-9-11-22(21)23/h12-13,21-23H,5,8-11,14-20H2,1-4H3. The molecule has 0 spiro atoms. The van der Waals surface area contributed by atoms with Crippen molar-refractivity contribution in [3.8, 4) is 11.8 Å². The van der Waals surface area contributed by atoms with E-state index in [-0.39, 0.29) is 29.6 Å². The van der Waals surface area contributed by atoms with Crippen molar-refractivity contribution in [1.29, 1.82) is 0 Å². The van der Waals surface area contributed by atoms with Gasteiger partial charge in [-0.1, -0.05) is 6.92 Å². The zero-order chi connectivity index (χ0) is 23.9. The van der Waals surface area contributed by atoms with Gasteiger partial charge in [-0.25, -0.2) is 0 Å². The highest BCUT2D eigenvalue weighted by molar-refractivity contribution is 6.12. The van der Waals surface area contributed by atoms with E-state index in [2.05, 4.69) is 39.5 Å². The molecule has 0 N–H and O–H groups in total. The highest BCUT2D eigenvalue weighted by Crippen LogP contribution is 2.52. The van der Waals surface area contributed by atoms with Crippen molar-refractivity contribution in [2.75, 3.05) is 33.0 Å². The quantitative estimate of drug-likeness (QED) is 0.222. The second-order valence-corrected chi connectivity index (χ2v) is 10.4. The lowest BCUT2D eigenvalue weighted by atomic mass is 9.99. The predicted octanol–water partition coefficient (Wildman–Crippen LogP) is 4.13. The van der Waals surface area contributed by atoms with Crippen molar-refractivity contribution in [2.45, 2.75) is 83.8 Å². The van der Waals surface area contributed by atoms with Gasteiger partial charge in [-0.15, -0.1) is 11.8 Å². The van der Waals surface area contributed by atoms with Gasteiger partial charge in [-0.05, 0) is 70.6 Å². The summed E-state index contributed by atoms with van der Waals surface area (Å²) in [6, 6.07) is 0. The third-order valence-corrected chi connectivity index (χ3v) is 7.54. The summed E-state index contributed by atoms with van der Waals surface area (Å²) in [6.45, 7) is 11.2. The highest BCUT2D eigenvalue weighted by Gasteiger charge is 2.49. The molecule has 3 atom stereocenters. The van der Waals surface area contributed by atoms with Crippen LogP contribution in [0.3, 0.4) is 0 Å². The van der Waals surface area contributed by atoms with Crippen molar-refractivity contribution in [2.24, 2.45) is 17.8 Å². The van der Waals surface area contributed by atoms with Gasteiger partial charge in [0, 0.05) is 31.6 Å². The van der Waals surface area contributed by atoms with Crippen LogP contribution < -0.4 is 0 Å². The first-order valence-electron chi connectivity index (χ1n) is 12.6. The van der Waals surface area contributed by atoms with Gasteiger partial charge in [-0.3, -0.25) is 14.5 Å². The number of amides is 2. The number of nitrogens with zero attached hydrogens (tertiary/aromatic N) is 1. The normalized spacial score (nSPS) is 26.3. The molecule has 1 saturated carbocycles. The minimum atomic E-state index is -0.268. The van der Waals surface area contributed by atoms with Gasteiger partial charge in [0.2, 0.25) is 0 Å². The fourth-order valence-corrected chi connectivity index (χ4v) is 4.77. The molecule has 6 heteroatoms. The highest BCUT2D eigenvalue weighted by atomic mass is 16.5. The monoisotopic (exact) mass is 459 g/mol. The number of imide groups is 1. The average molecular weight is 460 g/mol. The van der Waals surface area contributed by atoms with Crippen LogP contribution >= 0.6 is 0 Å². The Balaban J connectivity index is 1.29. The van der Waals surface area contributed by atoms with Crippen LogP contribution in [-0.4, -0.2) is 60.9 Å². The SMILES string of the molecule is CCC(C)(CCOCCN1C(=O)C=CC1=O)OCCC(C)(C)OCC1C2CCC#CCCC21. The molecule has 2 amide bonds. The second-order valence-electron chi connectivity index (χ2n) is 10.4. The molecule has 3 aliphatic rings. The molecule has 1 heterocycles. The average Bonchev–Trinajstić information content (AvgIpc) is 3.30. The summed E-state index contributed by atoms with van der Waals surface area (Å²) in [6.07, 6.45) is 9.63. The lowest BCUT2D eigenvalue weighted by Crippen LogP contribution is -2.35. The Morgan fingerprint density at radius 2 is 1.58 bits per heavy atom. The van der Waals surface area contributed by atoms with Crippen LogP contribution in [0.25, 0.3) is 0 Å². The smallest absolute Gasteiger partial charge is 0.253 e. The molecule has 3 unspecified atom stereocenters. The minimum Gasteiger partial charge on any atom is -0.379 e. The van der Waals surface area contributed by atoms with Crippen LogP contribution in [0.2, 0.25) is 0 Å². The van der Waals surface area contributed by atoms with Crippen LogP contribution in [0.5, 0.6) is 0 Å². The van der Waals surface area contributed by atoms with E-state index in [1.807, 2.05) is 0 Å². The zero-order valence-corrected chi connectivity index (χ0v) is 20.9. The Morgan fingerprint density at radius 1 is 0.939 bits per heavy atom. The largest absolute Gasteiger partial charge is 0.379 e. The first kappa shape index (κ1) is 25.9. The third-order valence-electron chi connectivity index (χ3n) is 7.54. The summed E-state index contributed by atoms with van der Waals surface area (Å²) in [5, 5.41) is 0. The van der Waals surface area contributed by atoms with E-state index in [9.17, 15) is 9.59 Å². The number of fused-ring (bicyclic) bond motifs is 1. The molecule has 1 aliphatic heterocycles. The summed E-state index contributed by atoms with van der Waals surface area (Å²) in [4.78, 5) is 24.3. The summed E-state index contributed by atoms with van der Waals surface area (Å²) in [5.74, 6) is 8.34. The second kappa shape index (κ2) is 11.6. The van der Waals surface area contributed by atoms with Crippen LogP contribution in [0.15, 0.2) is 12.2 Å². The maximum Gasteiger partial charge on any atom is 0.253 e. The topological polar surface area (TPSA) is 65.1 Å². The molecule has 33 heavy (non-hydrogen) atoms. The van der Waals surface area contributed by atoms with Crippen LogP contribution in [0, 0.1) is 29.6 Å². The third kappa shape index (κ3) is 7.67. The summed E-state index contributed by atoms with van der Waals surface area (Å²) < 4.78 is 18.3. The van der Waals surface area contributed by atoms with Gasteiger partial charge in [0.1, 0.15) is 0 Å². The van der Waals surface area contributed by atoms with Crippen LogP contribution in [0.1, 0.15) is 72.6 Å². The Kier molecular flexibility index (Phi) is 9.15. The van der Waals surface area contributed by atoms with E-state index in [0.717, 1.165) is 50.5 Å². The molecule has 3 rings (SSSR count). The first-order chi connectivity index (χ1) is 15.7. The molecule has 1 fully saturated rings.